The van der Waals surface area contributed by atoms with Crippen molar-refractivity contribution in [1.29, 1.82) is 0 Å². The van der Waals surface area contributed by atoms with E-state index in [4.69, 9.17) is 9.15 Å². The second kappa shape index (κ2) is 7.72. The van der Waals surface area contributed by atoms with Crippen LogP contribution in [0.2, 0.25) is 0 Å². The van der Waals surface area contributed by atoms with Crippen molar-refractivity contribution >= 4 is 22.8 Å². The van der Waals surface area contributed by atoms with E-state index in [0.717, 1.165) is 35.8 Å². The van der Waals surface area contributed by atoms with Gasteiger partial charge in [0.15, 0.2) is 0 Å². The van der Waals surface area contributed by atoms with Crippen LogP contribution in [0.25, 0.3) is 11.0 Å². The fraction of sp³-hybridized carbons (Fsp3) is 0.524. The first-order valence-electron chi connectivity index (χ1n) is 9.41. The Morgan fingerprint density at radius 2 is 1.96 bits per heavy atom. The number of carbonyl (C=O) groups excluding carboxylic acids is 1. The zero-order chi connectivity index (χ0) is 19.6. The van der Waals surface area contributed by atoms with Gasteiger partial charge in [0.2, 0.25) is 5.91 Å². The van der Waals surface area contributed by atoms with E-state index in [2.05, 4.69) is 17.4 Å². The number of carboxylic acid groups (broad SMARTS) is 1. The van der Waals surface area contributed by atoms with Crippen molar-refractivity contribution in [3.63, 3.8) is 0 Å². The molecule has 1 aliphatic rings. The lowest BCUT2D eigenvalue weighted by Crippen LogP contribution is -2.42. The molecule has 27 heavy (non-hydrogen) atoms. The van der Waals surface area contributed by atoms with Crippen molar-refractivity contribution in [3.8, 4) is 0 Å². The number of aliphatic carboxylic acids is 1. The zero-order valence-electron chi connectivity index (χ0n) is 16.1. The monoisotopic (exact) mass is 373 g/mol. The molecule has 2 N–H and O–H groups in total. The maximum atomic E-state index is 12.4. The molecule has 2 aromatic rings. The Kier molecular flexibility index (Phi) is 5.56. The first-order valence-corrected chi connectivity index (χ1v) is 9.41. The average Bonchev–Trinajstić information content (AvgIpc) is 3.17. The molecule has 0 fully saturated rings. The molecule has 1 amide bonds. The highest BCUT2D eigenvalue weighted by molar-refractivity contribution is 5.90. The number of ether oxygens (including phenoxy) is 1. The Bertz CT molecular complexity index is 846. The van der Waals surface area contributed by atoms with Gasteiger partial charge in [-0.25, -0.2) is 4.79 Å². The van der Waals surface area contributed by atoms with Gasteiger partial charge in [-0.15, -0.1) is 0 Å². The minimum Gasteiger partial charge on any atom is -0.480 e. The lowest BCUT2D eigenvalue weighted by Gasteiger charge is -2.21. The van der Waals surface area contributed by atoms with E-state index in [0.29, 0.717) is 0 Å². The van der Waals surface area contributed by atoms with Crippen molar-refractivity contribution in [3.05, 3.63) is 35.1 Å². The Morgan fingerprint density at radius 1 is 1.26 bits per heavy atom. The Hall–Kier alpha value is -2.34. The van der Waals surface area contributed by atoms with Crippen LogP contribution >= 0.6 is 0 Å². The van der Waals surface area contributed by atoms with E-state index in [1.54, 1.807) is 6.26 Å². The molecular formula is C21H27NO5. The number of carbonyl (C=O) groups is 2. The average molecular weight is 373 g/mol. The molecule has 1 aromatic carbocycles. The standard InChI is InChI=1S/C21H27NO5/c1-21(2,3)27-8-7-17(20(24)25)22-19(23)11-15-12-26-18-10-14-6-4-5-13(14)9-16(15)18/h9-10,12,17H,4-8,11H2,1-3H3,(H,22,23)(H,24,25). The summed E-state index contributed by atoms with van der Waals surface area (Å²) < 4.78 is 11.2. The summed E-state index contributed by atoms with van der Waals surface area (Å²) in [5.41, 5.74) is 3.85. The summed E-state index contributed by atoms with van der Waals surface area (Å²) >= 11 is 0. The van der Waals surface area contributed by atoms with Crippen molar-refractivity contribution in [2.75, 3.05) is 6.61 Å². The maximum absolute atomic E-state index is 12.4. The third-order valence-electron chi connectivity index (χ3n) is 4.79. The molecule has 0 saturated carbocycles. The number of amides is 1. The van der Waals surface area contributed by atoms with Gasteiger partial charge in [0.1, 0.15) is 11.6 Å². The largest absolute Gasteiger partial charge is 0.480 e. The van der Waals surface area contributed by atoms with Crippen LogP contribution in [0.1, 0.15) is 50.3 Å². The summed E-state index contributed by atoms with van der Waals surface area (Å²) in [7, 11) is 0. The van der Waals surface area contributed by atoms with E-state index < -0.39 is 12.0 Å². The highest BCUT2D eigenvalue weighted by atomic mass is 16.5. The first-order chi connectivity index (χ1) is 12.7. The molecule has 0 radical (unpaired) electrons. The van der Waals surface area contributed by atoms with E-state index in [-0.39, 0.29) is 31.0 Å². The van der Waals surface area contributed by atoms with Crippen LogP contribution < -0.4 is 5.32 Å². The summed E-state index contributed by atoms with van der Waals surface area (Å²) in [5.74, 6) is -1.39. The quantitative estimate of drug-likeness (QED) is 0.778. The van der Waals surface area contributed by atoms with Crippen LogP contribution in [0.5, 0.6) is 0 Å². The van der Waals surface area contributed by atoms with Gasteiger partial charge in [-0.2, -0.15) is 0 Å². The molecule has 6 nitrogen and oxygen atoms in total. The predicted molar refractivity (Wildman–Crippen MR) is 102 cm³/mol. The topological polar surface area (TPSA) is 88.8 Å². The summed E-state index contributed by atoms with van der Waals surface area (Å²) in [4.78, 5) is 23.9. The normalized spacial score (nSPS) is 14.9. The van der Waals surface area contributed by atoms with Gasteiger partial charge in [-0.3, -0.25) is 4.79 Å². The predicted octanol–water partition coefficient (Wildman–Crippen LogP) is 3.24. The van der Waals surface area contributed by atoms with Crippen LogP contribution in [0.3, 0.4) is 0 Å². The van der Waals surface area contributed by atoms with Gasteiger partial charge < -0.3 is 19.6 Å². The summed E-state index contributed by atoms with van der Waals surface area (Å²) in [6.07, 6.45) is 5.18. The molecule has 1 aromatic heterocycles. The Labute approximate surface area is 158 Å². The van der Waals surface area contributed by atoms with Crippen molar-refractivity contribution in [2.45, 2.75) is 64.5 Å². The fourth-order valence-corrected chi connectivity index (χ4v) is 3.44. The van der Waals surface area contributed by atoms with Crippen molar-refractivity contribution in [2.24, 2.45) is 0 Å². The number of hydrogen-bond donors (Lipinski definition) is 2. The van der Waals surface area contributed by atoms with Crippen LogP contribution in [-0.4, -0.2) is 35.2 Å². The number of fused-ring (bicyclic) bond motifs is 2. The number of furan rings is 1. The molecule has 3 rings (SSSR count). The second-order valence-corrected chi connectivity index (χ2v) is 8.12. The van der Waals surface area contributed by atoms with E-state index in [1.165, 1.54) is 11.1 Å². The highest BCUT2D eigenvalue weighted by Crippen LogP contribution is 2.30. The number of carboxylic acids is 1. The molecule has 0 aliphatic heterocycles. The molecule has 1 unspecified atom stereocenters. The molecule has 0 saturated heterocycles. The van der Waals surface area contributed by atoms with E-state index in [1.807, 2.05) is 20.8 Å². The van der Waals surface area contributed by atoms with Crippen LogP contribution in [-0.2, 0) is 33.6 Å². The number of aryl methyl sites for hydroxylation is 2. The molecule has 1 atom stereocenters. The number of nitrogens with one attached hydrogen (secondary N) is 1. The Morgan fingerprint density at radius 3 is 2.63 bits per heavy atom. The minimum atomic E-state index is -1.06. The lowest BCUT2D eigenvalue weighted by molar-refractivity contribution is -0.142. The SMILES string of the molecule is CC(C)(C)OCCC(NC(=O)Cc1coc2cc3c(cc12)CCC3)C(=O)O. The Balaban J connectivity index is 1.64. The van der Waals surface area contributed by atoms with Gasteiger partial charge in [0.25, 0.3) is 0 Å². The number of hydrogen-bond acceptors (Lipinski definition) is 4. The number of rotatable bonds is 7. The third-order valence-corrected chi connectivity index (χ3v) is 4.79. The van der Waals surface area contributed by atoms with Gasteiger partial charge in [0, 0.05) is 24.0 Å². The van der Waals surface area contributed by atoms with Crippen LogP contribution in [0.4, 0.5) is 0 Å². The molecular weight excluding hydrogens is 346 g/mol. The zero-order valence-corrected chi connectivity index (χ0v) is 16.1. The van der Waals surface area contributed by atoms with Gasteiger partial charge >= 0.3 is 5.97 Å². The van der Waals surface area contributed by atoms with E-state index >= 15 is 0 Å². The minimum absolute atomic E-state index is 0.0930. The maximum Gasteiger partial charge on any atom is 0.326 e. The highest BCUT2D eigenvalue weighted by Gasteiger charge is 2.22. The fourth-order valence-electron chi connectivity index (χ4n) is 3.44. The molecule has 146 valence electrons. The molecule has 0 spiro atoms. The molecule has 6 heteroatoms. The second-order valence-electron chi connectivity index (χ2n) is 8.12. The van der Waals surface area contributed by atoms with Gasteiger partial charge in [-0.05, 0) is 63.3 Å². The van der Waals surface area contributed by atoms with Crippen molar-refractivity contribution in [1.82, 2.24) is 5.32 Å². The first kappa shape index (κ1) is 19.4. The lowest BCUT2D eigenvalue weighted by atomic mass is 10.0. The van der Waals surface area contributed by atoms with Gasteiger partial charge in [0.05, 0.1) is 18.3 Å². The summed E-state index contributed by atoms with van der Waals surface area (Å²) in [6.45, 7) is 5.98. The van der Waals surface area contributed by atoms with Crippen LogP contribution in [0, 0.1) is 0 Å². The molecule has 1 heterocycles. The number of benzene rings is 1. The summed E-state index contributed by atoms with van der Waals surface area (Å²) in [6, 6.07) is 3.20. The third kappa shape index (κ3) is 4.89. The van der Waals surface area contributed by atoms with Crippen molar-refractivity contribution < 1.29 is 23.8 Å². The molecule has 1 aliphatic carbocycles. The molecule has 0 bridgehead atoms. The van der Waals surface area contributed by atoms with Crippen LogP contribution in [0.15, 0.2) is 22.8 Å². The summed E-state index contributed by atoms with van der Waals surface area (Å²) in [5, 5.41) is 12.9. The van der Waals surface area contributed by atoms with E-state index in [9.17, 15) is 14.7 Å². The van der Waals surface area contributed by atoms with Gasteiger partial charge in [-0.1, -0.05) is 0 Å². The smallest absolute Gasteiger partial charge is 0.326 e.